The predicted molar refractivity (Wildman–Crippen MR) is 368 cm³/mol. The standard InChI is InChI=1S/3C25H34F2O.6CH4/c1-16-3-14-23(28-15-16)21-11-7-19(8-12-21)18-5-9-20(10-6-18)22-13-4-17(2)24(26)25(22)27;1-16-3-6-20(7-4-16)23-14-12-21(15-28-23)18-8-10-19(11-9-18)22-13-5-17(2)24(26)25(22)27;1-16-3-14-23(25(27)24(16)26)21-12-10-19(11-13-21)18-6-8-20(9-7-18)22-5-4-17(2)28-15-22;;;;;;/h4,13-14,16,18-21H,3,5-12,15H2,1-2H3;5,13-14,16,18-21H,3-4,6-12,15H2,1-2H3;3-4,14,18-22H,5-13,15H2,1-2H3;6*1H4. The summed E-state index contributed by atoms with van der Waals surface area (Å²) in [7, 11) is 0. The van der Waals surface area contributed by atoms with Crippen molar-refractivity contribution in [1.82, 2.24) is 0 Å². The maximum Gasteiger partial charge on any atom is 0.162 e. The van der Waals surface area contributed by atoms with E-state index < -0.39 is 34.9 Å². The lowest BCUT2D eigenvalue weighted by Gasteiger charge is -2.40. The zero-order valence-electron chi connectivity index (χ0n) is 52.1. The van der Waals surface area contributed by atoms with Gasteiger partial charge in [0.1, 0.15) is 0 Å². The SMILES string of the molecule is C.C.C.C.C.C.CC1=CCC(C2CCC(C3CCC(c4ccc(C)c(F)c4F)CC3)CC2)CO1.Cc1ccc(C2CCC(C3CC=C(C4CCC(C)CC4)OC3)CC2)c(F)c1F.Cc1ccc(C2CCC(C3CCC(C4=CCC(C)CO4)CC3)CC2)c(F)c1F. The molecule has 3 aromatic rings. The summed E-state index contributed by atoms with van der Waals surface area (Å²) >= 11 is 0. The summed E-state index contributed by atoms with van der Waals surface area (Å²) in [4.78, 5) is 0. The van der Waals surface area contributed by atoms with E-state index in [1.165, 1.54) is 108 Å². The molecule has 0 spiro atoms. The number of aryl methyl sites for hydroxylation is 3. The Labute approximate surface area is 546 Å². The van der Waals surface area contributed by atoms with Gasteiger partial charge >= 0.3 is 0 Å². The van der Waals surface area contributed by atoms with E-state index in [0.717, 1.165) is 138 Å². The Morgan fingerprint density at radius 2 is 0.556 bits per heavy atom. The first kappa shape index (κ1) is 78.3. The Kier molecular flexibility index (Phi) is 31.8. The zero-order valence-corrected chi connectivity index (χ0v) is 52.1. The first-order valence-corrected chi connectivity index (χ1v) is 33.9. The molecule has 3 nitrogen and oxygen atoms in total. The molecule has 12 rings (SSSR count). The van der Waals surface area contributed by atoms with Crippen LogP contribution in [0.5, 0.6) is 0 Å². The summed E-state index contributed by atoms with van der Waals surface area (Å²) in [5.74, 6) is 9.06. The van der Waals surface area contributed by atoms with Crippen molar-refractivity contribution in [3.63, 3.8) is 0 Å². The summed E-state index contributed by atoms with van der Waals surface area (Å²) in [5.41, 5.74) is 2.98. The molecular weight excluding hydrogens is 1130 g/mol. The van der Waals surface area contributed by atoms with Gasteiger partial charge < -0.3 is 14.2 Å². The van der Waals surface area contributed by atoms with Crippen molar-refractivity contribution in [2.45, 2.75) is 277 Å². The smallest absolute Gasteiger partial charge is 0.162 e. The second-order valence-corrected chi connectivity index (χ2v) is 28.7. The summed E-state index contributed by atoms with van der Waals surface area (Å²) in [5, 5.41) is 0. The summed E-state index contributed by atoms with van der Waals surface area (Å²) in [6, 6.07) is 10.6. The Balaban J connectivity index is 0.000000279. The highest BCUT2D eigenvalue weighted by molar-refractivity contribution is 5.31. The summed E-state index contributed by atoms with van der Waals surface area (Å²) < 4.78 is 103. The van der Waals surface area contributed by atoms with E-state index >= 15 is 0 Å². The lowest BCUT2D eigenvalue weighted by molar-refractivity contribution is 0.0689. The number of benzene rings is 3. The van der Waals surface area contributed by atoms with Gasteiger partial charge in [0.05, 0.1) is 37.1 Å². The fourth-order valence-corrected chi connectivity index (χ4v) is 17.3. The molecule has 0 saturated heterocycles. The van der Waals surface area contributed by atoms with Crippen LogP contribution >= 0.6 is 0 Å². The van der Waals surface area contributed by atoms with E-state index in [2.05, 4.69) is 39.0 Å². The lowest BCUT2D eigenvalue weighted by atomic mass is 9.66. The molecule has 9 heteroatoms. The Bertz CT molecular complexity index is 2720. The molecule has 3 unspecified atom stereocenters. The van der Waals surface area contributed by atoms with E-state index in [-0.39, 0.29) is 62.3 Å². The number of hydrogen-bond acceptors (Lipinski definition) is 3. The van der Waals surface area contributed by atoms with Crippen LogP contribution in [0, 0.1) is 127 Å². The van der Waals surface area contributed by atoms with Crippen LogP contribution in [0.25, 0.3) is 0 Å². The van der Waals surface area contributed by atoms with Crippen LogP contribution in [0.15, 0.2) is 71.9 Å². The van der Waals surface area contributed by atoms with Gasteiger partial charge in [-0.1, -0.05) is 108 Å². The van der Waals surface area contributed by atoms with E-state index in [0.29, 0.717) is 68.9 Å². The monoisotopic (exact) mass is 1260 g/mol. The van der Waals surface area contributed by atoms with Crippen molar-refractivity contribution in [2.75, 3.05) is 19.8 Å². The van der Waals surface area contributed by atoms with Gasteiger partial charge in [-0.05, 0) is 317 Å². The van der Waals surface area contributed by atoms with Crippen molar-refractivity contribution in [3.8, 4) is 0 Å². The van der Waals surface area contributed by atoms with Crippen molar-refractivity contribution >= 4 is 0 Å². The maximum absolute atomic E-state index is 14.4. The second-order valence-electron chi connectivity index (χ2n) is 28.7. The maximum atomic E-state index is 14.4. The molecule has 3 aromatic carbocycles. The van der Waals surface area contributed by atoms with Crippen molar-refractivity contribution in [1.29, 1.82) is 0 Å². The molecule has 3 aliphatic heterocycles. The minimum absolute atomic E-state index is 0. The highest BCUT2D eigenvalue weighted by Crippen LogP contribution is 2.49. The van der Waals surface area contributed by atoms with Crippen LogP contribution in [-0.2, 0) is 14.2 Å². The van der Waals surface area contributed by atoms with Gasteiger partial charge in [0.25, 0.3) is 0 Å². The third kappa shape index (κ3) is 19.3. The number of rotatable bonds is 9. The molecule has 510 valence electrons. The molecule has 90 heavy (non-hydrogen) atoms. The number of allylic oxidation sites excluding steroid dienone is 6. The van der Waals surface area contributed by atoms with E-state index in [1.807, 2.05) is 12.1 Å². The van der Waals surface area contributed by atoms with Crippen molar-refractivity contribution in [2.24, 2.45) is 71.0 Å². The molecule has 3 atom stereocenters. The van der Waals surface area contributed by atoms with Gasteiger partial charge in [-0.3, -0.25) is 0 Å². The third-order valence-corrected chi connectivity index (χ3v) is 23.2. The number of ether oxygens (including phenoxy) is 3. The average molecular weight is 1260 g/mol. The van der Waals surface area contributed by atoms with Crippen LogP contribution in [-0.4, -0.2) is 19.8 Å². The lowest BCUT2D eigenvalue weighted by Crippen LogP contribution is -2.30. The van der Waals surface area contributed by atoms with Gasteiger partial charge in [0, 0.05) is 11.8 Å². The Morgan fingerprint density at radius 1 is 0.278 bits per heavy atom. The van der Waals surface area contributed by atoms with Crippen LogP contribution in [0.2, 0.25) is 0 Å². The summed E-state index contributed by atoms with van der Waals surface area (Å²) in [6.07, 6.45) is 38.9. The van der Waals surface area contributed by atoms with E-state index in [4.69, 9.17) is 14.2 Å². The first-order valence-electron chi connectivity index (χ1n) is 33.9. The van der Waals surface area contributed by atoms with Crippen LogP contribution in [0.3, 0.4) is 0 Å². The van der Waals surface area contributed by atoms with E-state index in [1.54, 1.807) is 45.0 Å². The van der Waals surface area contributed by atoms with Gasteiger partial charge in [-0.15, -0.1) is 0 Å². The molecule has 0 aromatic heterocycles. The molecule has 0 amide bonds. The normalized spacial score (nSPS) is 31.6. The fraction of sp³-hybridized carbons (Fsp3) is 0.704. The largest absolute Gasteiger partial charge is 0.498 e. The van der Waals surface area contributed by atoms with E-state index in [9.17, 15) is 26.3 Å². The highest BCUT2D eigenvalue weighted by atomic mass is 19.2. The number of hydrogen-bond donors (Lipinski definition) is 0. The van der Waals surface area contributed by atoms with Gasteiger partial charge in [-0.2, -0.15) is 0 Å². The van der Waals surface area contributed by atoms with Gasteiger partial charge in [0.15, 0.2) is 34.9 Å². The Hall–Kier alpha value is -4.14. The fourth-order valence-electron chi connectivity index (χ4n) is 17.3. The molecule has 6 saturated carbocycles. The Morgan fingerprint density at radius 3 is 0.856 bits per heavy atom. The van der Waals surface area contributed by atoms with Crippen LogP contribution < -0.4 is 0 Å². The minimum atomic E-state index is -0.671. The zero-order chi connectivity index (χ0) is 59.0. The van der Waals surface area contributed by atoms with Crippen LogP contribution in [0.4, 0.5) is 26.3 Å². The molecule has 0 N–H and O–H groups in total. The molecule has 3 heterocycles. The average Bonchev–Trinajstić information content (AvgIpc) is 1.18. The minimum Gasteiger partial charge on any atom is -0.498 e. The molecule has 6 fully saturated rings. The van der Waals surface area contributed by atoms with Gasteiger partial charge in [-0.25, -0.2) is 26.3 Å². The molecule has 9 aliphatic rings. The predicted octanol–water partition coefficient (Wildman–Crippen LogP) is 25.7. The van der Waals surface area contributed by atoms with Gasteiger partial charge in [0.2, 0.25) is 0 Å². The number of halogens is 6. The molecular formula is C81H126F6O3. The molecule has 0 bridgehead atoms. The highest BCUT2D eigenvalue weighted by Gasteiger charge is 2.38. The first-order chi connectivity index (χ1) is 40.6. The van der Waals surface area contributed by atoms with Crippen molar-refractivity contribution < 1.29 is 40.6 Å². The summed E-state index contributed by atoms with van der Waals surface area (Å²) in [6.45, 7) is 14.2. The quantitative estimate of drug-likeness (QED) is 0.200. The second kappa shape index (κ2) is 36.5. The van der Waals surface area contributed by atoms with Crippen molar-refractivity contribution in [3.05, 3.63) is 140 Å². The molecule has 0 radical (unpaired) electrons. The topological polar surface area (TPSA) is 27.7 Å². The third-order valence-electron chi connectivity index (χ3n) is 23.2. The van der Waals surface area contributed by atoms with Crippen LogP contribution in [0.1, 0.15) is 290 Å². The molecule has 6 aliphatic carbocycles.